The van der Waals surface area contributed by atoms with Crippen molar-refractivity contribution in [3.05, 3.63) is 60.0 Å². The Balaban J connectivity index is 1.38. The molecule has 0 radical (unpaired) electrons. The lowest BCUT2D eigenvalue weighted by Gasteiger charge is -2.36. The highest BCUT2D eigenvalue weighted by Crippen LogP contribution is 2.34. The van der Waals surface area contributed by atoms with Crippen molar-refractivity contribution < 1.29 is 13.9 Å². The van der Waals surface area contributed by atoms with E-state index in [1.165, 1.54) is 12.1 Å². The predicted molar refractivity (Wildman–Crippen MR) is 111 cm³/mol. The van der Waals surface area contributed by atoms with Gasteiger partial charge in [0.05, 0.1) is 12.1 Å². The van der Waals surface area contributed by atoms with Crippen LogP contribution in [0.2, 0.25) is 0 Å². The lowest BCUT2D eigenvalue weighted by atomic mass is 10.2. The minimum absolute atomic E-state index is 0.0719. The fraction of sp³-hybridized carbons (Fsp3) is 0.348. The zero-order chi connectivity index (χ0) is 20.0. The number of amides is 1. The van der Waals surface area contributed by atoms with Crippen molar-refractivity contribution in [3.8, 4) is 5.75 Å². The fourth-order valence-electron chi connectivity index (χ4n) is 4.37. The Hall–Kier alpha value is -3.02. The van der Waals surface area contributed by atoms with Crippen LogP contribution < -0.4 is 9.64 Å². The molecule has 5 rings (SSSR count). The molecule has 5 nitrogen and oxygen atoms in total. The van der Waals surface area contributed by atoms with Gasteiger partial charge in [-0.15, -0.1) is 0 Å². The summed E-state index contributed by atoms with van der Waals surface area (Å²) < 4.78 is 21.4. The average Bonchev–Trinajstić information content (AvgIpc) is 3.14. The summed E-state index contributed by atoms with van der Waals surface area (Å²) >= 11 is 0. The summed E-state index contributed by atoms with van der Waals surface area (Å²) in [5, 5.41) is 1.05. The molecule has 0 N–H and O–H groups in total. The lowest BCUT2D eigenvalue weighted by Crippen LogP contribution is -2.49. The van der Waals surface area contributed by atoms with Gasteiger partial charge < -0.3 is 19.1 Å². The van der Waals surface area contributed by atoms with Gasteiger partial charge in [-0.3, -0.25) is 4.79 Å². The number of piperazine rings is 1. The molecule has 3 aromatic rings. The molecule has 2 aromatic carbocycles. The molecular formula is C23H24FN3O2. The topological polar surface area (TPSA) is 37.7 Å². The number of hydrogen-bond acceptors (Lipinski definition) is 3. The van der Waals surface area contributed by atoms with Crippen LogP contribution in [0.5, 0.6) is 5.75 Å². The molecular weight excluding hydrogens is 369 g/mol. The second-order valence-corrected chi connectivity index (χ2v) is 7.74. The molecule has 6 heteroatoms. The number of carbonyl (C=O) groups is 1. The van der Waals surface area contributed by atoms with Crippen molar-refractivity contribution >= 4 is 22.5 Å². The number of carbonyl (C=O) groups excluding carboxylic acids is 1. The smallest absolute Gasteiger partial charge is 0.270 e. The third-order valence-corrected chi connectivity index (χ3v) is 6.00. The van der Waals surface area contributed by atoms with Gasteiger partial charge in [-0.25, -0.2) is 4.39 Å². The number of halogens is 1. The highest BCUT2D eigenvalue weighted by Gasteiger charge is 2.29. The van der Waals surface area contributed by atoms with Gasteiger partial charge in [-0.2, -0.15) is 0 Å². The summed E-state index contributed by atoms with van der Waals surface area (Å²) in [6.07, 6.45) is 0.986. The monoisotopic (exact) mass is 393 g/mol. The standard InChI is InChI=1S/C23H24FN3O2/c1-2-19-15-27-20(14-16-4-3-5-21(29-19)22(16)27)23(28)26-12-10-25(11-13-26)18-8-6-17(24)7-9-18/h3-9,14,19H,2,10-13,15H2,1H3/t19-/m1/s1. The van der Waals surface area contributed by atoms with Crippen LogP contribution in [0.1, 0.15) is 23.8 Å². The first kappa shape index (κ1) is 18.0. The van der Waals surface area contributed by atoms with Crippen LogP contribution in [-0.2, 0) is 6.54 Å². The van der Waals surface area contributed by atoms with Crippen LogP contribution in [-0.4, -0.2) is 47.7 Å². The maximum atomic E-state index is 13.4. The number of aromatic nitrogens is 1. The number of nitrogens with zero attached hydrogens (tertiary/aromatic N) is 3. The summed E-state index contributed by atoms with van der Waals surface area (Å²) in [6, 6.07) is 14.5. The molecule has 1 amide bonds. The number of hydrogen-bond donors (Lipinski definition) is 0. The zero-order valence-corrected chi connectivity index (χ0v) is 16.5. The summed E-state index contributed by atoms with van der Waals surface area (Å²) in [7, 11) is 0. The maximum absolute atomic E-state index is 13.4. The van der Waals surface area contributed by atoms with Crippen LogP contribution in [0.15, 0.2) is 48.5 Å². The maximum Gasteiger partial charge on any atom is 0.270 e. The molecule has 0 spiro atoms. The Kier molecular flexibility index (Phi) is 4.42. The zero-order valence-electron chi connectivity index (χ0n) is 16.5. The summed E-state index contributed by atoms with van der Waals surface area (Å²) in [6.45, 7) is 5.59. The van der Waals surface area contributed by atoms with E-state index in [1.807, 2.05) is 29.2 Å². The van der Waals surface area contributed by atoms with Crippen molar-refractivity contribution in [2.45, 2.75) is 26.0 Å². The van der Waals surface area contributed by atoms with E-state index < -0.39 is 0 Å². The molecule has 29 heavy (non-hydrogen) atoms. The SMILES string of the molecule is CC[C@@H]1Cn2c(C(=O)N3CCN(c4ccc(F)cc4)CC3)cc3cccc(c32)O1. The van der Waals surface area contributed by atoms with E-state index in [4.69, 9.17) is 4.74 Å². The summed E-state index contributed by atoms with van der Waals surface area (Å²) in [5.74, 6) is 0.703. The van der Waals surface area contributed by atoms with E-state index in [1.54, 1.807) is 12.1 Å². The largest absolute Gasteiger partial charge is 0.486 e. The fourth-order valence-corrected chi connectivity index (χ4v) is 4.37. The van der Waals surface area contributed by atoms with Crippen LogP contribution >= 0.6 is 0 Å². The van der Waals surface area contributed by atoms with E-state index >= 15 is 0 Å². The Morgan fingerprint density at radius 3 is 2.59 bits per heavy atom. The van der Waals surface area contributed by atoms with Crippen molar-refractivity contribution in [2.24, 2.45) is 0 Å². The van der Waals surface area contributed by atoms with Gasteiger partial charge in [-0.1, -0.05) is 19.1 Å². The molecule has 1 fully saturated rings. The van der Waals surface area contributed by atoms with Crippen molar-refractivity contribution in [1.29, 1.82) is 0 Å². The third-order valence-electron chi connectivity index (χ3n) is 6.00. The third kappa shape index (κ3) is 3.12. The van der Waals surface area contributed by atoms with Gasteiger partial charge in [-0.05, 0) is 42.8 Å². The quantitative estimate of drug-likeness (QED) is 0.677. The Morgan fingerprint density at radius 1 is 1.10 bits per heavy atom. The molecule has 0 saturated carbocycles. The molecule has 0 unspecified atom stereocenters. The second-order valence-electron chi connectivity index (χ2n) is 7.74. The Morgan fingerprint density at radius 2 is 1.86 bits per heavy atom. The number of benzene rings is 2. The van der Waals surface area contributed by atoms with Crippen molar-refractivity contribution in [3.63, 3.8) is 0 Å². The van der Waals surface area contributed by atoms with E-state index in [2.05, 4.69) is 16.4 Å². The Bertz CT molecular complexity index is 1050. The minimum atomic E-state index is -0.231. The number of ether oxygens (including phenoxy) is 1. The van der Waals surface area contributed by atoms with E-state index in [9.17, 15) is 9.18 Å². The molecule has 0 bridgehead atoms. The predicted octanol–water partition coefficient (Wildman–Crippen LogP) is 3.91. The molecule has 1 atom stereocenters. The summed E-state index contributed by atoms with van der Waals surface area (Å²) in [5.41, 5.74) is 2.75. The van der Waals surface area contributed by atoms with Crippen LogP contribution in [0, 0.1) is 5.82 Å². The second kappa shape index (κ2) is 7.10. The van der Waals surface area contributed by atoms with Crippen molar-refractivity contribution in [2.75, 3.05) is 31.1 Å². The van der Waals surface area contributed by atoms with Gasteiger partial charge in [0.15, 0.2) is 0 Å². The van der Waals surface area contributed by atoms with Crippen LogP contribution in [0.3, 0.4) is 0 Å². The first-order valence-electron chi connectivity index (χ1n) is 10.2. The van der Waals surface area contributed by atoms with Gasteiger partial charge >= 0.3 is 0 Å². The molecule has 1 saturated heterocycles. The molecule has 150 valence electrons. The average molecular weight is 393 g/mol. The van der Waals surface area contributed by atoms with Crippen LogP contribution in [0.4, 0.5) is 10.1 Å². The van der Waals surface area contributed by atoms with Gasteiger partial charge in [0.25, 0.3) is 5.91 Å². The minimum Gasteiger partial charge on any atom is -0.486 e. The van der Waals surface area contributed by atoms with Gasteiger partial charge in [0, 0.05) is 37.3 Å². The first-order valence-corrected chi connectivity index (χ1v) is 10.2. The number of anilines is 1. The van der Waals surface area contributed by atoms with E-state index in [-0.39, 0.29) is 17.8 Å². The molecule has 0 aliphatic carbocycles. The van der Waals surface area contributed by atoms with E-state index in [0.717, 1.165) is 47.5 Å². The first-order chi connectivity index (χ1) is 14.1. The highest BCUT2D eigenvalue weighted by molar-refractivity contribution is 6.00. The van der Waals surface area contributed by atoms with Gasteiger partial charge in [0.1, 0.15) is 23.4 Å². The normalized spacial score (nSPS) is 18.8. The number of para-hydroxylation sites is 1. The highest BCUT2D eigenvalue weighted by atomic mass is 19.1. The molecule has 2 aliphatic rings. The lowest BCUT2D eigenvalue weighted by molar-refractivity contribution is 0.0730. The molecule has 1 aromatic heterocycles. The summed E-state index contributed by atoms with van der Waals surface area (Å²) in [4.78, 5) is 17.5. The number of rotatable bonds is 3. The van der Waals surface area contributed by atoms with E-state index in [0.29, 0.717) is 19.6 Å². The van der Waals surface area contributed by atoms with Crippen LogP contribution in [0.25, 0.3) is 10.9 Å². The Labute approximate surface area is 169 Å². The van der Waals surface area contributed by atoms with Gasteiger partial charge in [0.2, 0.25) is 0 Å². The molecule has 2 aliphatic heterocycles. The molecule has 3 heterocycles. The van der Waals surface area contributed by atoms with Crippen molar-refractivity contribution in [1.82, 2.24) is 9.47 Å².